The van der Waals surface area contributed by atoms with E-state index < -0.39 is 28.9 Å². The van der Waals surface area contributed by atoms with Crippen molar-refractivity contribution in [1.82, 2.24) is 5.32 Å². The third-order valence-corrected chi connectivity index (χ3v) is 5.28. The van der Waals surface area contributed by atoms with E-state index in [9.17, 15) is 14.4 Å². The van der Waals surface area contributed by atoms with Gasteiger partial charge in [0.2, 0.25) is 0 Å². The number of nitrogens with one attached hydrogen (secondary N) is 1. The molecule has 7 heteroatoms. The molecular formula is C24H25ClN2O4. The standard InChI is InChI=1S/C24H25ClN2O4/c1-15(16(2)28)24(26-22(30)31-23(3,4)5)18-12-9-13-19(25)20(18)27(21(24)29)14-17-10-7-6-8-11-17/h6-13H,1,14H2,2-5H3,(H,26,30)/t24-/m0/s1. The van der Waals surface area contributed by atoms with Crippen LogP contribution in [0, 0.1) is 0 Å². The van der Waals surface area contributed by atoms with Crippen LogP contribution in [0.5, 0.6) is 0 Å². The molecule has 3 rings (SSSR count). The summed E-state index contributed by atoms with van der Waals surface area (Å²) in [5, 5.41) is 2.97. The van der Waals surface area contributed by atoms with Crippen LogP contribution in [0.15, 0.2) is 60.7 Å². The smallest absolute Gasteiger partial charge is 0.409 e. The fraction of sp³-hybridized carbons (Fsp3) is 0.292. The summed E-state index contributed by atoms with van der Waals surface area (Å²) in [6.07, 6.45) is -0.837. The molecular weight excluding hydrogens is 416 g/mol. The normalized spacial score (nSPS) is 17.8. The number of hydrogen-bond acceptors (Lipinski definition) is 4. The average molecular weight is 441 g/mol. The Morgan fingerprint density at radius 3 is 2.35 bits per heavy atom. The van der Waals surface area contributed by atoms with E-state index in [2.05, 4.69) is 11.9 Å². The molecule has 0 spiro atoms. The number of nitrogens with zero attached hydrogens (tertiary/aromatic N) is 1. The maximum absolute atomic E-state index is 13.9. The number of amides is 2. The third kappa shape index (κ3) is 4.21. The number of ketones is 1. The molecule has 1 atom stereocenters. The van der Waals surface area contributed by atoms with Crippen LogP contribution < -0.4 is 10.2 Å². The largest absolute Gasteiger partial charge is 0.444 e. The zero-order valence-corrected chi connectivity index (χ0v) is 18.7. The van der Waals surface area contributed by atoms with E-state index in [1.165, 1.54) is 11.8 Å². The highest BCUT2D eigenvalue weighted by Crippen LogP contribution is 2.48. The number of fused-ring (bicyclic) bond motifs is 1. The van der Waals surface area contributed by atoms with Gasteiger partial charge in [0.25, 0.3) is 5.91 Å². The third-order valence-electron chi connectivity index (χ3n) is 4.98. The summed E-state index contributed by atoms with van der Waals surface area (Å²) >= 11 is 6.50. The van der Waals surface area contributed by atoms with E-state index in [0.717, 1.165) is 5.56 Å². The number of Topliss-reactive ketones (excluding diaryl/α,β-unsaturated/α-hetero) is 1. The highest BCUT2D eigenvalue weighted by Gasteiger charge is 2.56. The van der Waals surface area contributed by atoms with Crippen LogP contribution in [0.25, 0.3) is 0 Å². The summed E-state index contributed by atoms with van der Waals surface area (Å²) < 4.78 is 5.40. The minimum Gasteiger partial charge on any atom is -0.444 e. The zero-order valence-electron chi connectivity index (χ0n) is 18.0. The molecule has 1 aliphatic rings. The van der Waals surface area contributed by atoms with Gasteiger partial charge in [-0.25, -0.2) is 4.79 Å². The maximum Gasteiger partial charge on any atom is 0.409 e. The Morgan fingerprint density at radius 2 is 1.77 bits per heavy atom. The number of anilines is 1. The predicted octanol–water partition coefficient (Wildman–Crippen LogP) is 4.75. The van der Waals surface area contributed by atoms with Gasteiger partial charge < -0.3 is 9.64 Å². The minimum atomic E-state index is -1.82. The van der Waals surface area contributed by atoms with Crippen LogP contribution >= 0.6 is 11.6 Å². The van der Waals surface area contributed by atoms with Crippen molar-refractivity contribution in [2.45, 2.75) is 45.4 Å². The molecule has 0 saturated carbocycles. The molecule has 2 aromatic carbocycles. The number of hydrogen-bond donors (Lipinski definition) is 1. The number of ether oxygens (including phenoxy) is 1. The summed E-state index contributed by atoms with van der Waals surface area (Å²) in [5.41, 5.74) is -1.01. The number of alkyl carbamates (subject to hydrolysis) is 1. The lowest BCUT2D eigenvalue weighted by Gasteiger charge is -2.32. The first kappa shape index (κ1) is 22.6. The van der Waals surface area contributed by atoms with Gasteiger partial charge in [-0.1, -0.05) is 60.6 Å². The molecule has 0 saturated heterocycles. The molecule has 0 bridgehead atoms. The van der Waals surface area contributed by atoms with Crippen LogP contribution in [-0.4, -0.2) is 23.4 Å². The number of halogens is 1. The van der Waals surface area contributed by atoms with E-state index >= 15 is 0 Å². The van der Waals surface area contributed by atoms with E-state index in [0.29, 0.717) is 16.3 Å². The molecule has 0 fully saturated rings. The SMILES string of the molecule is C=C(C(C)=O)[C@@]1(NC(=O)OC(C)(C)C)C(=O)N(Cc2ccccc2)c2c(Cl)cccc21. The summed E-state index contributed by atoms with van der Waals surface area (Å²) in [6.45, 7) is 10.5. The quantitative estimate of drug-likeness (QED) is 0.680. The van der Waals surface area contributed by atoms with Gasteiger partial charge in [-0.3, -0.25) is 14.9 Å². The van der Waals surface area contributed by atoms with Crippen LogP contribution in [0.3, 0.4) is 0 Å². The Hall–Kier alpha value is -3.12. The van der Waals surface area contributed by atoms with Crippen molar-refractivity contribution in [2.24, 2.45) is 0 Å². The molecule has 0 radical (unpaired) electrons. The van der Waals surface area contributed by atoms with Crippen molar-refractivity contribution in [3.8, 4) is 0 Å². The highest BCUT2D eigenvalue weighted by molar-refractivity contribution is 6.35. The van der Waals surface area contributed by atoms with Crippen LogP contribution in [0.4, 0.5) is 10.5 Å². The highest BCUT2D eigenvalue weighted by atomic mass is 35.5. The van der Waals surface area contributed by atoms with Crippen molar-refractivity contribution < 1.29 is 19.1 Å². The van der Waals surface area contributed by atoms with Gasteiger partial charge in [0.1, 0.15) is 5.60 Å². The second-order valence-electron chi connectivity index (χ2n) is 8.42. The Morgan fingerprint density at radius 1 is 1.13 bits per heavy atom. The lowest BCUT2D eigenvalue weighted by Crippen LogP contribution is -2.56. The number of benzene rings is 2. The average Bonchev–Trinajstić information content (AvgIpc) is 2.91. The van der Waals surface area contributed by atoms with Gasteiger partial charge in [-0.15, -0.1) is 0 Å². The van der Waals surface area contributed by atoms with Gasteiger partial charge in [0, 0.05) is 11.1 Å². The van der Waals surface area contributed by atoms with Gasteiger partial charge in [0.05, 0.1) is 17.3 Å². The fourth-order valence-corrected chi connectivity index (χ4v) is 3.91. The first-order chi connectivity index (χ1) is 14.5. The molecule has 1 N–H and O–H groups in total. The van der Waals surface area contributed by atoms with Gasteiger partial charge >= 0.3 is 6.09 Å². The van der Waals surface area contributed by atoms with E-state index in [-0.39, 0.29) is 12.1 Å². The fourth-order valence-electron chi connectivity index (χ4n) is 3.64. The second-order valence-corrected chi connectivity index (χ2v) is 8.83. The Balaban J connectivity index is 2.17. The van der Waals surface area contributed by atoms with Crippen LogP contribution in [0.1, 0.15) is 38.8 Å². The molecule has 162 valence electrons. The lowest BCUT2D eigenvalue weighted by atomic mass is 9.82. The molecule has 0 aliphatic carbocycles. The summed E-state index contributed by atoms with van der Waals surface area (Å²) in [4.78, 5) is 40.5. The first-order valence-corrected chi connectivity index (χ1v) is 10.2. The second kappa shape index (κ2) is 8.19. The van der Waals surface area contributed by atoms with Crippen LogP contribution in [0.2, 0.25) is 5.02 Å². The van der Waals surface area contributed by atoms with E-state index in [1.54, 1.807) is 39.0 Å². The van der Waals surface area contributed by atoms with Crippen LogP contribution in [-0.2, 0) is 26.4 Å². The molecule has 2 aromatic rings. The molecule has 6 nitrogen and oxygen atoms in total. The minimum absolute atomic E-state index is 0.0672. The molecule has 1 heterocycles. The molecule has 1 aliphatic heterocycles. The number of carbonyl (C=O) groups is 3. The van der Waals surface area contributed by atoms with E-state index in [1.807, 2.05) is 30.3 Å². The topological polar surface area (TPSA) is 75.7 Å². The summed E-state index contributed by atoms with van der Waals surface area (Å²) in [7, 11) is 0. The van der Waals surface area contributed by atoms with E-state index in [4.69, 9.17) is 16.3 Å². The number of para-hydroxylation sites is 1. The van der Waals surface area contributed by atoms with Gasteiger partial charge in [0.15, 0.2) is 11.3 Å². The Bertz CT molecular complexity index is 1060. The van der Waals surface area contributed by atoms with Crippen molar-refractivity contribution in [2.75, 3.05) is 4.90 Å². The monoisotopic (exact) mass is 440 g/mol. The molecule has 31 heavy (non-hydrogen) atoms. The molecule has 2 amide bonds. The summed E-state index contributed by atoms with van der Waals surface area (Å²) in [6, 6.07) is 14.4. The van der Waals surface area contributed by atoms with Crippen molar-refractivity contribution in [3.05, 3.63) is 76.8 Å². The number of rotatable bonds is 5. The number of carbonyl (C=O) groups excluding carboxylic acids is 3. The van der Waals surface area contributed by atoms with Gasteiger partial charge in [-0.2, -0.15) is 0 Å². The predicted molar refractivity (Wildman–Crippen MR) is 120 cm³/mol. The van der Waals surface area contributed by atoms with Crippen molar-refractivity contribution >= 4 is 35.1 Å². The Kier molecular flexibility index (Phi) is 5.96. The summed E-state index contributed by atoms with van der Waals surface area (Å²) in [5.74, 6) is -0.956. The van der Waals surface area contributed by atoms with Gasteiger partial charge in [-0.05, 0) is 39.3 Å². The van der Waals surface area contributed by atoms with Crippen molar-refractivity contribution in [1.29, 1.82) is 0 Å². The zero-order chi connectivity index (χ0) is 23.0. The lowest BCUT2D eigenvalue weighted by molar-refractivity contribution is -0.125. The molecule has 0 unspecified atom stereocenters. The first-order valence-electron chi connectivity index (χ1n) is 9.83. The molecule has 0 aromatic heterocycles. The Labute approximate surface area is 186 Å². The van der Waals surface area contributed by atoms with Crippen molar-refractivity contribution in [3.63, 3.8) is 0 Å². The maximum atomic E-state index is 13.9.